The van der Waals surface area contributed by atoms with Gasteiger partial charge in [0.25, 0.3) is 0 Å². The summed E-state index contributed by atoms with van der Waals surface area (Å²) in [6.45, 7) is 2.01. The molecule has 0 radical (unpaired) electrons. The largest absolute Gasteiger partial charge is 0.480 e. The van der Waals surface area contributed by atoms with Crippen molar-refractivity contribution in [2.24, 2.45) is 7.05 Å². The van der Waals surface area contributed by atoms with E-state index in [1.54, 1.807) is 19.5 Å². The van der Waals surface area contributed by atoms with Gasteiger partial charge in [0, 0.05) is 25.1 Å². The summed E-state index contributed by atoms with van der Waals surface area (Å²) in [5, 5.41) is 7.66. The number of ether oxygens (including phenoxy) is 1. The van der Waals surface area contributed by atoms with Crippen molar-refractivity contribution in [2.45, 2.75) is 13.0 Å². The van der Waals surface area contributed by atoms with Crippen LogP contribution < -0.4 is 10.1 Å². The van der Waals surface area contributed by atoms with E-state index in [4.69, 9.17) is 4.74 Å². The molecule has 0 bridgehead atoms. The Morgan fingerprint density at radius 3 is 2.61 bits per heavy atom. The first-order valence-corrected chi connectivity index (χ1v) is 5.70. The van der Waals surface area contributed by atoms with Gasteiger partial charge in [0.1, 0.15) is 5.69 Å². The molecule has 0 aliphatic rings. The summed E-state index contributed by atoms with van der Waals surface area (Å²) in [5.74, 6) is 0.514. The van der Waals surface area contributed by atoms with Gasteiger partial charge >= 0.3 is 0 Å². The molecular formula is C12H17N5O. The van der Waals surface area contributed by atoms with Gasteiger partial charge in [-0.3, -0.25) is 9.67 Å². The van der Waals surface area contributed by atoms with Gasteiger partial charge in [-0.1, -0.05) is 0 Å². The second-order valence-electron chi connectivity index (χ2n) is 4.01. The van der Waals surface area contributed by atoms with Crippen LogP contribution in [0.5, 0.6) is 5.88 Å². The second kappa shape index (κ2) is 5.14. The van der Waals surface area contributed by atoms with E-state index >= 15 is 0 Å². The molecule has 96 valence electrons. The maximum Gasteiger partial charge on any atom is 0.237 e. The SMILES string of the molecule is CNC(c1cc(C)n(C)n1)c1nccnc1OC. The van der Waals surface area contributed by atoms with Crippen molar-refractivity contribution in [3.63, 3.8) is 0 Å². The lowest BCUT2D eigenvalue weighted by Crippen LogP contribution is -2.20. The van der Waals surface area contributed by atoms with E-state index < -0.39 is 0 Å². The molecule has 0 aliphatic carbocycles. The Labute approximate surface area is 106 Å². The minimum absolute atomic E-state index is 0.131. The van der Waals surface area contributed by atoms with Crippen molar-refractivity contribution in [3.05, 3.63) is 35.5 Å². The van der Waals surface area contributed by atoms with Crippen molar-refractivity contribution in [3.8, 4) is 5.88 Å². The number of hydrogen-bond donors (Lipinski definition) is 1. The average molecular weight is 247 g/mol. The standard InChI is InChI=1S/C12H17N5O/c1-8-7-9(16-17(8)3)10(13-2)11-12(18-4)15-6-5-14-11/h5-7,10,13H,1-4H3. The topological polar surface area (TPSA) is 64.9 Å². The number of rotatable bonds is 4. The van der Waals surface area contributed by atoms with E-state index in [1.807, 2.05) is 31.8 Å². The lowest BCUT2D eigenvalue weighted by Gasteiger charge is -2.15. The summed E-state index contributed by atoms with van der Waals surface area (Å²) >= 11 is 0. The van der Waals surface area contributed by atoms with E-state index in [1.165, 1.54) is 0 Å². The highest BCUT2D eigenvalue weighted by Gasteiger charge is 2.21. The molecule has 0 aliphatic heterocycles. The minimum Gasteiger partial charge on any atom is -0.480 e. The molecule has 0 saturated carbocycles. The summed E-state index contributed by atoms with van der Waals surface area (Å²) in [4.78, 5) is 8.50. The van der Waals surface area contributed by atoms with Crippen LogP contribution in [0, 0.1) is 6.92 Å². The number of nitrogens with one attached hydrogen (secondary N) is 1. The molecule has 18 heavy (non-hydrogen) atoms. The zero-order valence-corrected chi connectivity index (χ0v) is 11.0. The number of methoxy groups -OCH3 is 1. The molecular weight excluding hydrogens is 230 g/mol. The summed E-state index contributed by atoms with van der Waals surface area (Å²) in [7, 11) is 5.37. The summed E-state index contributed by atoms with van der Waals surface area (Å²) in [6.07, 6.45) is 3.26. The maximum atomic E-state index is 5.24. The Morgan fingerprint density at radius 2 is 2.06 bits per heavy atom. The van der Waals surface area contributed by atoms with Crippen molar-refractivity contribution in [1.82, 2.24) is 25.1 Å². The van der Waals surface area contributed by atoms with Crippen LogP contribution in [0.25, 0.3) is 0 Å². The molecule has 2 rings (SSSR count). The fourth-order valence-corrected chi connectivity index (χ4v) is 1.85. The third kappa shape index (κ3) is 2.19. The van der Waals surface area contributed by atoms with Gasteiger partial charge in [-0.25, -0.2) is 4.98 Å². The first kappa shape index (κ1) is 12.5. The van der Waals surface area contributed by atoms with Gasteiger partial charge < -0.3 is 10.1 Å². The van der Waals surface area contributed by atoms with Gasteiger partial charge in [-0.05, 0) is 20.0 Å². The molecule has 0 saturated heterocycles. The highest BCUT2D eigenvalue weighted by molar-refractivity contribution is 5.29. The summed E-state index contributed by atoms with van der Waals surface area (Å²) in [6, 6.07) is 1.89. The third-order valence-corrected chi connectivity index (χ3v) is 2.88. The lowest BCUT2D eigenvalue weighted by molar-refractivity contribution is 0.383. The van der Waals surface area contributed by atoms with Crippen LogP contribution >= 0.6 is 0 Å². The van der Waals surface area contributed by atoms with Gasteiger partial charge in [-0.15, -0.1) is 0 Å². The third-order valence-electron chi connectivity index (χ3n) is 2.88. The highest BCUT2D eigenvalue weighted by atomic mass is 16.5. The highest BCUT2D eigenvalue weighted by Crippen LogP contribution is 2.25. The van der Waals surface area contributed by atoms with Crippen LogP contribution in [0.15, 0.2) is 18.5 Å². The van der Waals surface area contributed by atoms with Crippen LogP contribution in [0.4, 0.5) is 0 Å². The van der Waals surface area contributed by atoms with E-state index in [-0.39, 0.29) is 6.04 Å². The van der Waals surface area contributed by atoms with Crippen LogP contribution in [-0.2, 0) is 7.05 Å². The van der Waals surface area contributed by atoms with Gasteiger partial charge in [0.05, 0.1) is 18.8 Å². The van der Waals surface area contributed by atoms with Crippen LogP contribution in [-0.4, -0.2) is 33.9 Å². The van der Waals surface area contributed by atoms with Gasteiger partial charge in [-0.2, -0.15) is 5.10 Å². The average Bonchev–Trinajstić information content (AvgIpc) is 2.71. The van der Waals surface area contributed by atoms with Crippen molar-refractivity contribution in [1.29, 1.82) is 0 Å². The van der Waals surface area contributed by atoms with Crippen molar-refractivity contribution < 1.29 is 4.74 Å². The van der Waals surface area contributed by atoms with Crippen LogP contribution in [0.2, 0.25) is 0 Å². The summed E-state index contributed by atoms with van der Waals surface area (Å²) in [5.41, 5.74) is 2.73. The van der Waals surface area contributed by atoms with Crippen molar-refractivity contribution >= 4 is 0 Å². The first-order valence-electron chi connectivity index (χ1n) is 5.70. The summed E-state index contributed by atoms with van der Waals surface area (Å²) < 4.78 is 7.07. The Morgan fingerprint density at radius 1 is 1.33 bits per heavy atom. The second-order valence-corrected chi connectivity index (χ2v) is 4.01. The Kier molecular flexibility index (Phi) is 3.57. The van der Waals surface area contributed by atoms with E-state index in [2.05, 4.69) is 20.4 Å². The Bertz CT molecular complexity index is 518. The Hall–Kier alpha value is -1.95. The zero-order valence-electron chi connectivity index (χ0n) is 11.0. The molecule has 0 aromatic carbocycles. The van der Waals surface area contributed by atoms with E-state index in [0.29, 0.717) is 5.88 Å². The number of aryl methyl sites for hydroxylation is 2. The number of hydrogen-bond acceptors (Lipinski definition) is 5. The Balaban J connectivity index is 2.45. The monoisotopic (exact) mass is 247 g/mol. The molecule has 1 unspecified atom stereocenters. The predicted octanol–water partition coefficient (Wildman–Crippen LogP) is 0.836. The molecule has 1 N–H and O–H groups in total. The normalized spacial score (nSPS) is 12.4. The van der Waals surface area contributed by atoms with Gasteiger partial charge in [0.2, 0.25) is 5.88 Å². The molecule has 2 heterocycles. The van der Waals surface area contributed by atoms with Crippen molar-refractivity contribution in [2.75, 3.05) is 14.2 Å². The minimum atomic E-state index is -0.131. The molecule has 0 spiro atoms. The quantitative estimate of drug-likeness (QED) is 0.867. The smallest absolute Gasteiger partial charge is 0.237 e. The maximum absolute atomic E-state index is 5.24. The fraction of sp³-hybridized carbons (Fsp3) is 0.417. The molecule has 1 atom stereocenters. The van der Waals surface area contributed by atoms with Crippen LogP contribution in [0.3, 0.4) is 0 Å². The molecule has 0 fully saturated rings. The number of aromatic nitrogens is 4. The molecule has 6 heteroatoms. The molecule has 2 aromatic heterocycles. The van der Waals surface area contributed by atoms with Crippen LogP contribution in [0.1, 0.15) is 23.1 Å². The van der Waals surface area contributed by atoms with Gasteiger partial charge in [0.15, 0.2) is 0 Å². The predicted molar refractivity (Wildman–Crippen MR) is 67.4 cm³/mol. The zero-order chi connectivity index (χ0) is 13.1. The molecule has 0 amide bonds. The molecule has 6 nitrogen and oxygen atoms in total. The fourth-order valence-electron chi connectivity index (χ4n) is 1.85. The number of nitrogens with zero attached hydrogens (tertiary/aromatic N) is 4. The lowest BCUT2D eigenvalue weighted by atomic mass is 10.1. The first-order chi connectivity index (χ1) is 8.67. The van der Waals surface area contributed by atoms with E-state index in [0.717, 1.165) is 17.1 Å². The molecule has 2 aromatic rings. The van der Waals surface area contributed by atoms with E-state index in [9.17, 15) is 0 Å².